The number of aliphatic imine (C=N–C) groups is 1. The highest BCUT2D eigenvalue weighted by atomic mass is 16.3. The molecule has 0 fully saturated rings. The Bertz CT molecular complexity index is 1270. The van der Waals surface area contributed by atoms with Crippen molar-refractivity contribution < 1.29 is 4.42 Å². The summed E-state index contributed by atoms with van der Waals surface area (Å²) in [6.07, 6.45) is 0.825. The Kier molecular flexibility index (Phi) is 2.94. The summed E-state index contributed by atoms with van der Waals surface area (Å²) in [7, 11) is 0. The van der Waals surface area contributed by atoms with Gasteiger partial charge in [-0.25, -0.2) is 9.98 Å². The third kappa shape index (κ3) is 2.03. The van der Waals surface area contributed by atoms with E-state index in [4.69, 9.17) is 10.2 Å². The van der Waals surface area contributed by atoms with Crippen LogP contribution in [0.2, 0.25) is 0 Å². The summed E-state index contributed by atoms with van der Waals surface area (Å²) in [6, 6.07) is 13.2. The van der Waals surface area contributed by atoms with Crippen molar-refractivity contribution in [2.24, 2.45) is 10.7 Å². The summed E-state index contributed by atoms with van der Waals surface area (Å²) < 4.78 is 7.57. The Morgan fingerprint density at radius 1 is 1.23 bits per heavy atom. The van der Waals surface area contributed by atoms with Gasteiger partial charge < -0.3 is 10.2 Å². The van der Waals surface area contributed by atoms with Crippen molar-refractivity contribution in [2.45, 2.75) is 13.1 Å². The van der Waals surface area contributed by atoms with E-state index in [-0.39, 0.29) is 11.4 Å². The molecule has 7 nitrogen and oxygen atoms in total. The highest BCUT2D eigenvalue weighted by molar-refractivity contribution is 5.94. The standard InChI is InChI=1S/C19H15N5O2/c1-10-6-7-15-11(8-10)16(25)12(9-26-15)17-22-18(20)23-19-21-13-4-2-3-5-14(13)24(17)19/h2-9,17H,1H3,(H3,20,21,22,23)/t17-/m0/s1. The molecule has 3 heterocycles. The minimum atomic E-state index is -0.639. The zero-order valence-corrected chi connectivity index (χ0v) is 13.9. The smallest absolute Gasteiger partial charge is 0.212 e. The number of anilines is 1. The lowest BCUT2D eigenvalue weighted by Crippen LogP contribution is -2.33. The van der Waals surface area contributed by atoms with E-state index in [0.717, 1.165) is 16.6 Å². The van der Waals surface area contributed by atoms with Gasteiger partial charge in [0.15, 0.2) is 17.6 Å². The van der Waals surface area contributed by atoms with Gasteiger partial charge in [-0.1, -0.05) is 23.8 Å². The number of hydrogen-bond donors (Lipinski definition) is 2. The fourth-order valence-corrected chi connectivity index (χ4v) is 3.36. The number of fused-ring (bicyclic) bond motifs is 4. The summed E-state index contributed by atoms with van der Waals surface area (Å²) in [6.45, 7) is 1.94. The molecule has 0 bridgehead atoms. The summed E-state index contributed by atoms with van der Waals surface area (Å²) in [5.41, 5.74) is 9.42. The summed E-state index contributed by atoms with van der Waals surface area (Å²) in [5, 5.41) is 3.49. The van der Waals surface area contributed by atoms with Crippen LogP contribution in [0.25, 0.3) is 22.0 Å². The van der Waals surface area contributed by atoms with Gasteiger partial charge in [0.25, 0.3) is 0 Å². The van der Waals surface area contributed by atoms with Crippen LogP contribution in [0, 0.1) is 6.92 Å². The number of imidazole rings is 1. The van der Waals surface area contributed by atoms with Gasteiger partial charge in [-0.05, 0) is 31.2 Å². The van der Waals surface area contributed by atoms with E-state index in [1.807, 2.05) is 47.9 Å². The van der Waals surface area contributed by atoms with Crippen LogP contribution < -0.4 is 16.5 Å². The SMILES string of the molecule is Cc1ccc2occ([C@H]3N=C(N)Nc4nc5ccccc5n43)c(=O)c2c1. The Labute approximate surface area is 147 Å². The average Bonchev–Trinajstić information content (AvgIpc) is 3.00. The summed E-state index contributed by atoms with van der Waals surface area (Å²) >= 11 is 0. The Balaban J connectivity index is 1.81. The molecule has 0 amide bonds. The van der Waals surface area contributed by atoms with Gasteiger partial charge in [0, 0.05) is 0 Å². The van der Waals surface area contributed by atoms with E-state index in [0.29, 0.717) is 22.5 Å². The molecule has 128 valence electrons. The number of para-hydroxylation sites is 2. The molecular weight excluding hydrogens is 330 g/mol. The summed E-state index contributed by atoms with van der Waals surface area (Å²) in [5.74, 6) is 0.758. The second-order valence-electron chi connectivity index (χ2n) is 6.33. The average molecular weight is 345 g/mol. The van der Waals surface area contributed by atoms with Gasteiger partial charge in [-0.15, -0.1) is 0 Å². The molecule has 1 aliphatic heterocycles. The van der Waals surface area contributed by atoms with Crippen LogP contribution >= 0.6 is 0 Å². The third-order valence-corrected chi connectivity index (χ3v) is 4.57. The maximum absolute atomic E-state index is 13.1. The first kappa shape index (κ1) is 14.7. The first-order valence-electron chi connectivity index (χ1n) is 8.21. The van der Waals surface area contributed by atoms with Crippen molar-refractivity contribution in [3.05, 3.63) is 70.1 Å². The van der Waals surface area contributed by atoms with E-state index in [1.54, 1.807) is 6.07 Å². The number of hydrogen-bond acceptors (Lipinski definition) is 6. The van der Waals surface area contributed by atoms with Gasteiger partial charge in [0.1, 0.15) is 11.8 Å². The van der Waals surface area contributed by atoms with Crippen molar-refractivity contribution in [1.29, 1.82) is 0 Å². The largest absolute Gasteiger partial charge is 0.464 e. The van der Waals surface area contributed by atoms with E-state index < -0.39 is 6.17 Å². The molecule has 0 unspecified atom stereocenters. The minimum Gasteiger partial charge on any atom is -0.464 e. The third-order valence-electron chi connectivity index (χ3n) is 4.57. The van der Waals surface area contributed by atoms with Gasteiger partial charge in [-0.3, -0.25) is 14.7 Å². The molecule has 0 saturated heterocycles. The first-order chi connectivity index (χ1) is 12.6. The maximum Gasteiger partial charge on any atom is 0.212 e. The lowest BCUT2D eigenvalue weighted by molar-refractivity contribution is 0.554. The summed E-state index contributed by atoms with van der Waals surface area (Å²) in [4.78, 5) is 22.1. The maximum atomic E-state index is 13.1. The second-order valence-corrected chi connectivity index (χ2v) is 6.33. The Morgan fingerprint density at radius 3 is 2.96 bits per heavy atom. The molecule has 26 heavy (non-hydrogen) atoms. The predicted octanol–water partition coefficient (Wildman–Crippen LogP) is 2.74. The number of benzene rings is 2. The monoisotopic (exact) mass is 345 g/mol. The molecule has 0 spiro atoms. The molecule has 0 aliphatic carbocycles. The first-order valence-corrected chi connectivity index (χ1v) is 8.21. The molecule has 2 aromatic carbocycles. The molecule has 1 aliphatic rings. The van der Waals surface area contributed by atoms with Crippen LogP contribution in [0.3, 0.4) is 0 Å². The fraction of sp³-hybridized carbons (Fsp3) is 0.105. The minimum absolute atomic E-state index is 0.123. The molecule has 3 N–H and O–H groups in total. The molecule has 4 aromatic rings. The fourth-order valence-electron chi connectivity index (χ4n) is 3.36. The molecule has 2 aromatic heterocycles. The van der Waals surface area contributed by atoms with E-state index >= 15 is 0 Å². The van der Waals surface area contributed by atoms with Crippen LogP contribution in [0.5, 0.6) is 0 Å². The van der Waals surface area contributed by atoms with Crippen molar-refractivity contribution in [3.8, 4) is 0 Å². The Morgan fingerprint density at radius 2 is 2.08 bits per heavy atom. The van der Waals surface area contributed by atoms with Crippen LogP contribution in [0.4, 0.5) is 5.95 Å². The normalized spacial score (nSPS) is 16.3. The topological polar surface area (TPSA) is 98.4 Å². The zero-order chi connectivity index (χ0) is 17.8. The van der Waals surface area contributed by atoms with E-state index in [2.05, 4.69) is 15.3 Å². The number of nitrogens with zero attached hydrogens (tertiary/aromatic N) is 3. The van der Waals surface area contributed by atoms with Crippen LogP contribution in [0.1, 0.15) is 17.3 Å². The van der Waals surface area contributed by atoms with Crippen molar-refractivity contribution >= 4 is 33.9 Å². The molecule has 0 radical (unpaired) electrons. The number of rotatable bonds is 1. The van der Waals surface area contributed by atoms with Gasteiger partial charge in [0.2, 0.25) is 5.95 Å². The molecule has 1 atom stereocenters. The molecule has 7 heteroatoms. The molecule has 0 saturated carbocycles. The molecule has 5 rings (SSSR count). The van der Waals surface area contributed by atoms with E-state index in [1.165, 1.54) is 6.26 Å². The second kappa shape index (κ2) is 5.19. The van der Waals surface area contributed by atoms with Crippen LogP contribution in [-0.2, 0) is 0 Å². The Hall–Kier alpha value is -3.61. The van der Waals surface area contributed by atoms with Crippen molar-refractivity contribution in [1.82, 2.24) is 9.55 Å². The van der Waals surface area contributed by atoms with Gasteiger partial charge >= 0.3 is 0 Å². The number of aryl methyl sites for hydroxylation is 1. The highest BCUT2D eigenvalue weighted by Crippen LogP contribution is 2.31. The van der Waals surface area contributed by atoms with Crippen LogP contribution in [-0.4, -0.2) is 15.5 Å². The van der Waals surface area contributed by atoms with E-state index in [9.17, 15) is 4.79 Å². The van der Waals surface area contributed by atoms with Gasteiger partial charge in [-0.2, -0.15) is 0 Å². The lowest BCUT2D eigenvalue weighted by atomic mass is 10.1. The van der Waals surface area contributed by atoms with Gasteiger partial charge in [0.05, 0.1) is 22.0 Å². The quantitative estimate of drug-likeness (QED) is 0.553. The lowest BCUT2D eigenvalue weighted by Gasteiger charge is -2.23. The zero-order valence-electron chi connectivity index (χ0n) is 13.9. The highest BCUT2D eigenvalue weighted by Gasteiger charge is 2.27. The number of nitrogens with two attached hydrogens (primary N) is 1. The molecular formula is C19H15N5O2. The van der Waals surface area contributed by atoms with Crippen molar-refractivity contribution in [2.75, 3.05) is 5.32 Å². The van der Waals surface area contributed by atoms with Crippen LogP contribution in [0.15, 0.2) is 62.9 Å². The number of guanidine groups is 1. The predicted molar refractivity (Wildman–Crippen MR) is 100 cm³/mol. The van der Waals surface area contributed by atoms with Crippen molar-refractivity contribution in [3.63, 3.8) is 0 Å². The number of nitrogens with one attached hydrogen (secondary N) is 1. The number of aromatic nitrogens is 2.